The first kappa shape index (κ1) is 19.2. The average molecular weight is 383 g/mol. The van der Waals surface area contributed by atoms with Crippen molar-refractivity contribution in [2.75, 3.05) is 13.1 Å². The van der Waals surface area contributed by atoms with Crippen molar-refractivity contribution < 1.29 is 14.0 Å². The molecule has 0 bridgehead atoms. The summed E-state index contributed by atoms with van der Waals surface area (Å²) in [4.78, 5) is 26.0. The smallest absolute Gasteiger partial charge is 0.255 e. The molecule has 0 aliphatic carbocycles. The second-order valence-electron chi connectivity index (χ2n) is 5.32. The van der Waals surface area contributed by atoms with E-state index in [1.807, 2.05) is 0 Å². The maximum absolute atomic E-state index is 12.9. The first-order chi connectivity index (χ1) is 11.9. The van der Waals surface area contributed by atoms with Gasteiger partial charge in [-0.1, -0.05) is 41.4 Å². The molecule has 4 nitrogen and oxygen atoms in total. The number of carbonyl (C=O) groups is 2. The summed E-state index contributed by atoms with van der Waals surface area (Å²) in [5, 5.41) is 3.15. The molecule has 0 atom stereocenters. The number of hydrogen-bond acceptors (Lipinski definition) is 2. The monoisotopic (exact) mass is 382 g/mol. The lowest BCUT2D eigenvalue weighted by Gasteiger charge is -2.21. The minimum Gasteiger partial charge on any atom is -0.350 e. The topological polar surface area (TPSA) is 49.4 Å². The van der Waals surface area contributed by atoms with Crippen LogP contribution in [0.25, 0.3) is 0 Å². The van der Waals surface area contributed by atoms with Crippen LogP contribution in [0.5, 0.6) is 0 Å². The molecule has 0 radical (unpaired) electrons. The quantitative estimate of drug-likeness (QED) is 0.822. The highest BCUT2D eigenvalue weighted by molar-refractivity contribution is 6.43. The summed E-state index contributed by atoms with van der Waals surface area (Å²) in [5.74, 6) is -1.03. The molecule has 0 unspecified atom stereocenters. The van der Waals surface area contributed by atoms with Gasteiger partial charge >= 0.3 is 0 Å². The highest BCUT2D eigenvalue weighted by atomic mass is 35.5. The normalized spacial score (nSPS) is 10.4. The molecule has 2 rings (SSSR count). The van der Waals surface area contributed by atoms with Crippen LogP contribution >= 0.6 is 23.2 Å². The third-order valence-corrected chi connectivity index (χ3v) is 4.41. The van der Waals surface area contributed by atoms with Gasteiger partial charge in [-0.3, -0.25) is 9.59 Å². The van der Waals surface area contributed by atoms with Gasteiger partial charge < -0.3 is 10.2 Å². The molecule has 0 saturated carbocycles. The molecule has 2 aromatic carbocycles. The highest BCUT2D eigenvalue weighted by Crippen LogP contribution is 2.26. The fourth-order valence-electron chi connectivity index (χ4n) is 2.20. The molecule has 1 N–H and O–H groups in total. The molecule has 0 aromatic heterocycles. The van der Waals surface area contributed by atoms with Crippen LogP contribution < -0.4 is 5.32 Å². The van der Waals surface area contributed by atoms with Gasteiger partial charge in [0.25, 0.3) is 5.91 Å². The van der Waals surface area contributed by atoms with E-state index in [0.717, 1.165) is 5.56 Å². The van der Waals surface area contributed by atoms with Crippen LogP contribution in [-0.2, 0) is 11.3 Å². The Balaban J connectivity index is 1.98. The summed E-state index contributed by atoms with van der Waals surface area (Å²) in [6.07, 6.45) is 0. The lowest BCUT2D eigenvalue weighted by atomic mass is 10.2. The second-order valence-corrected chi connectivity index (χ2v) is 6.11. The Hall–Kier alpha value is -2.11. The number of benzene rings is 2. The second kappa shape index (κ2) is 8.83. The molecular formula is C18H17Cl2FN2O2. The lowest BCUT2D eigenvalue weighted by Crippen LogP contribution is -2.40. The van der Waals surface area contributed by atoms with Crippen molar-refractivity contribution in [2.24, 2.45) is 0 Å². The molecule has 7 heteroatoms. The van der Waals surface area contributed by atoms with E-state index >= 15 is 0 Å². The maximum Gasteiger partial charge on any atom is 0.255 e. The van der Waals surface area contributed by atoms with Gasteiger partial charge in [0.15, 0.2) is 0 Å². The average Bonchev–Trinajstić information content (AvgIpc) is 2.61. The van der Waals surface area contributed by atoms with Gasteiger partial charge in [0.2, 0.25) is 5.91 Å². The fraction of sp³-hybridized carbons (Fsp3) is 0.222. The molecule has 0 aliphatic rings. The van der Waals surface area contributed by atoms with Crippen molar-refractivity contribution >= 4 is 35.0 Å². The molecule has 2 amide bonds. The van der Waals surface area contributed by atoms with E-state index < -0.39 is 0 Å². The summed E-state index contributed by atoms with van der Waals surface area (Å²) in [6, 6.07) is 10.6. The van der Waals surface area contributed by atoms with E-state index in [1.54, 1.807) is 37.3 Å². The Morgan fingerprint density at radius 2 is 1.80 bits per heavy atom. The van der Waals surface area contributed by atoms with Crippen LogP contribution in [0.1, 0.15) is 22.8 Å². The van der Waals surface area contributed by atoms with Crippen molar-refractivity contribution in [1.29, 1.82) is 0 Å². The predicted molar refractivity (Wildman–Crippen MR) is 96.3 cm³/mol. The van der Waals surface area contributed by atoms with Crippen molar-refractivity contribution in [3.63, 3.8) is 0 Å². The first-order valence-electron chi connectivity index (χ1n) is 7.66. The number of hydrogen-bond donors (Lipinski definition) is 1. The zero-order chi connectivity index (χ0) is 18.4. The van der Waals surface area contributed by atoms with Crippen molar-refractivity contribution in [2.45, 2.75) is 13.5 Å². The van der Waals surface area contributed by atoms with E-state index in [2.05, 4.69) is 5.32 Å². The first-order valence-corrected chi connectivity index (χ1v) is 8.42. The Morgan fingerprint density at radius 1 is 1.12 bits per heavy atom. The third kappa shape index (κ3) is 5.18. The van der Waals surface area contributed by atoms with E-state index in [9.17, 15) is 14.0 Å². The maximum atomic E-state index is 12.9. The van der Waals surface area contributed by atoms with Crippen molar-refractivity contribution in [3.8, 4) is 0 Å². The molecule has 0 aliphatic heterocycles. The SMILES string of the molecule is CCN(CC(=O)NCc1ccc(F)cc1)C(=O)c1cccc(Cl)c1Cl. The van der Waals surface area contributed by atoms with Gasteiger partial charge in [0.1, 0.15) is 5.82 Å². The van der Waals surface area contributed by atoms with Crippen LogP contribution in [-0.4, -0.2) is 29.8 Å². The number of amides is 2. The summed E-state index contributed by atoms with van der Waals surface area (Å²) in [5.41, 5.74) is 1.02. The van der Waals surface area contributed by atoms with Crippen LogP contribution in [0.2, 0.25) is 10.0 Å². The van der Waals surface area contributed by atoms with Gasteiger partial charge in [-0.25, -0.2) is 4.39 Å². The number of rotatable bonds is 6. The summed E-state index contributed by atoms with van der Waals surface area (Å²) in [6.45, 7) is 2.25. The highest BCUT2D eigenvalue weighted by Gasteiger charge is 2.20. The van der Waals surface area contributed by atoms with E-state index in [1.165, 1.54) is 17.0 Å². The van der Waals surface area contributed by atoms with Gasteiger partial charge in [0.05, 0.1) is 22.2 Å². The lowest BCUT2D eigenvalue weighted by molar-refractivity contribution is -0.121. The number of halogens is 3. The molecule has 25 heavy (non-hydrogen) atoms. The third-order valence-electron chi connectivity index (χ3n) is 3.59. The largest absolute Gasteiger partial charge is 0.350 e. The number of nitrogens with one attached hydrogen (secondary N) is 1. The fourth-order valence-corrected chi connectivity index (χ4v) is 2.58. The zero-order valence-electron chi connectivity index (χ0n) is 13.6. The minimum atomic E-state index is -0.369. The molecule has 0 saturated heterocycles. The molecule has 0 spiro atoms. The number of nitrogens with zero attached hydrogens (tertiary/aromatic N) is 1. The molecule has 0 fully saturated rings. The molecule has 132 valence electrons. The van der Waals surface area contributed by atoms with Gasteiger partial charge in [-0.05, 0) is 36.8 Å². The Kier molecular flexibility index (Phi) is 6.79. The van der Waals surface area contributed by atoms with Crippen LogP contribution in [0, 0.1) is 5.82 Å². The van der Waals surface area contributed by atoms with Crippen molar-refractivity contribution in [3.05, 3.63) is 69.5 Å². The van der Waals surface area contributed by atoms with E-state index in [-0.39, 0.29) is 46.3 Å². The number of carbonyl (C=O) groups excluding carboxylic acids is 2. The Bertz CT molecular complexity index is 766. The summed E-state index contributed by atoms with van der Waals surface area (Å²) >= 11 is 12.0. The van der Waals surface area contributed by atoms with E-state index in [4.69, 9.17) is 23.2 Å². The van der Waals surface area contributed by atoms with Gasteiger partial charge in [-0.15, -0.1) is 0 Å². The Labute approximate surface area is 155 Å². The molecular weight excluding hydrogens is 366 g/mol. The molecule has 2 aromatic rings. The summed E-state index contributed by atoms with van der Waals surface area (Å²) in [7, 11) is 0. The zero-order valence-corrected chi connectivity index (χ0v) is 15.1. The van der Waals surface area contributed by atoms with Crippen LogP contribution in [0.15, 0.2) is 42.5 Å². The van der Waals surface area contributed by atoms with E-state index in [0.29, 0.717) is 6.54 Å². The van der Waals surface area contributed by atoms with Gasteiger partial charge in [0, 0.05) is 13.1 Å². The predicted octanol–water partition coefficient (Wildman–Crippen LogP) is 3.91. The number of likely N-dealkylation sites (N-methyl/N-ethyl adjacent to an activating group) is 1. The standard InChI is InChI=1S/C18H17Cl2FN2O2/c1-2-23(18(25)14-4-3-5-15(19)17(14)20)11-16(24)22-10-12-6-8-13(21)9-7-12/h3-9H,2,10-11H2,1H3,(H,22,24). The van der Waals surface area contributed by atoms with Crippen LogP contribution in [0.4, 0.5) is 4.39 Å². The Morgan fingerprint density at radius 3 is 2.44 bits per heavy atom. The minimum absolute atomic E-state index is 0.112. The molecule has 0 heterocycles. The van der Waals surface area contributed by atoms with Crippen molar-refractivity contribution in [1.82, 2.24) is 10.2 Å². The van der Waals surface area contributed by atoms with Crippen LogP contribution in [0.3, 0.4) is 0 Å². The van der Waals surface area contributed by atoms with Gasteiger partial charge in [-0.2, -0.15) is 0 Å². The summed E-state index contributed by atoms with van der Waals surface area (Å²) < 4.78 is 12.9.